The van der Waals surface area contributed by atoms with Gasteiger partial charge in [0, 0.05) is 29.2 Å². The molecule has 2 N–H and O–H groups in total. The summed E-state index contributed by atoms with van der Waals surface area (Å²) in [6.07, 6.45) is 2.43. The Hall–Kier alpha value is -0.280. The molecule has 1 aliphatic heterocycles. The minimum Gasteiger partial charge on any atom is -0.329 e. The SMILES string of the molecule is NCC1CCCN1Cc1ccc(Cl)cc1Cl. The molecule has 1 heterocycles. The van der Waals surface area contributed by atoms with Crippen LogP contribution < -0.4 is 5.73 Å². The molecule has 16 heavy (non-hydrogen) atoms. The molecule has 1 unspecified atom stereocenters. The van der Waals surface area contributed by atoms with Gasteiger partial charge in [0.05, 0.1) is 0 Å². The first-order valence-corrected chi connectivity index (χ1v) is 6.34. The van der Waals surface area contributed by atoms with Crippen LogP contribution in [0.25, 0.3) is 0 Å². The lowest BCUT2D eigenvalue weighted by Gasteiger charge is -2.23. The molecular weight excluding hydrogens is 243 g/mol. The number of halogens is 2. The van der Waals surface area contributed by atoms with Gasteiger partial charge >= 0.3 is 0 Å². The van der Waals surface area contributed by atoms with E-state index >= 15 is 0 Å². The molecule has 1 aromatic rings. The van der Waals surface area contributed by atoms with Crippen LogP contribution in [0.5, 0.6) is 0 Å². The Morgan fingerprint density at radius 2 is 2.19 bits per heavy atom. The maximum atomic E-state index is 6.16. The second-order valence-corrected chi connectivity index (χ2v) is 5.08. The van der Waals surface area contributed by atoms with Crippen LogP contribution in [0.2, 0.25) is 10.0 Å². The minimum atomic E-state index is 0.506. The van der Waals surface area contributed by atoms with E-state index in [4.69, 9.17) is 28.9 Å². The molecule has 88 valence electrons. The van der Waals surface area contributed by atoms with Crippen molar-refractivity contribution in [3.63, 3.8) is 0 Å². The number of likely N-dealkylation sites (tertiary alicyclic amines) is 1. The first-order valence-electron chi connectivity index (χ1n) is 5.58. The van der Waals surface area contributed by atoms with Crippen LogP contribution in [0.15, 0.2) is 18.2 Å². The molecule has 1 atom stereocenters. The summed E-state index contributed by atoms with van der Waals surface area (Å²) < 4.78 is 0. The zero-order chi connectivity index (χ0) is 11.5. The summed E-state index contributed by atoms with van der Waals surface area (Å²) in [7, 11) is 0. The van der Waals surface area contributed by atoms with E-state index in [0.717, 1.165) is 30.2 Å². The van der Waals surface area contributed by atoms with Crippen LogP contribution >= 0.6 is 23.2 Å². The lowest BCUT2D eigenvalue weighted by molar-refractivity contribution is 0.250. The Labute approximate surface area is 106 Å². The van der Waals surface area contributed by atoms with Gasteiger partial charge in [0.15, 0.2) is 0 Å². The molecule has 0 aliphatic carbocycles. The Morgan fingerprint density at radius 1 is 1.38 bits per heavy atom. The molecular formula is C12H16Cl2N2. The van der Waals surface area contributed by atoms with Gasteiger partial charge in [0.2, 0.25) is 0 Å². The maximum absolute atomic E-state index is 6.16. The molecule has 0 radical (unpaired) electrons. The van der Waals surface area contributed by atoms with Crippen molar-refractivity contribution in [1.29, 1.82) is 0 Å². The highest BCUT2D eigenvalue weighted by Crippen LogP contribution is 2.25. The van der Waals surface area contributed by atoms with Crippen molar-refractivity contribution in [3.8, 4) is 0 Å². The second kappa shape index (κ2) is 5.37. The van der Waals surface area contributed by atoms with Crippen LogP contribution in [0.3, 0.4) is 0 Å². The van der Waals surface area contributed by atoms with Gasteiger partial charge in [-0.2, -0.15) is 0 Å². The fraction of sp³-hybridized carbons (Fsp3) is 0.500. The predicted molar refractivity (Wildman–Crippen MR) is 68.9 cm³/mol. The summed E-state index contributed by atoms with van der Waals surface area (Å²) in [5, 5.41) is 1.43. The zero-order valence-electron chi connectivity index (χ0n) is 9.13. The number of hydrogen-bond acceptors (Lipinski definition) is 2. The number of hydrogen-bond donors (Lipinski definition) is 1. The van der Waals surface area contributed by atoms with Gasteiger partial charge in [-0.25, -0.2) is 0 Å². The van der Waals surface area contributed by atoms with Crippen molar-refractivity contribution in [2.75, 3.05) is 13.1 Å². The van der Waals surface area contributed by atoms with Crippen molar-refractivity contribution in [2.24, 2.45) is 5.73 Å². The van der Waals surface area contributed by atoms with Gasteiger partial charge in [-0.3, -0.25) is 4.90 Å². The first-order chi connectivity index (χ1) is 7.70. The maximum Gasteiger partial charge on any atom is 0.0465 e. The lowest BCUT2D eigenvalue weighted by Crippen LogP contribution is -2.34. The van der Waals surface area contributed by atoms with Gasteiger partial charge in [-0.15, -0.1) is 0 Å². The molecule has 1 fully saturated rings. The average Bonchev–Trinajstić information content (AvgIpc) is 2.69. The van der Waals surface area contributed by atoms with Gasteiger partial charge < -0.3 is 5.73 Å². The van der Waals surface area contributed by atoms with Gasteiger partial charge in [0.25, 0.3) is 0 Å². The van der Waals surface area contributed by atoms with E-state index < -0.39 is 0 Å². The average molecular weight is 259 g/mol. The fourth-order valence-electron chi connectivity index (χ4n) is 2.24. The standard InChI is InChI=1S/C12H16Cl2N2/c13-10-4-3-9(12(14)6-10)8-16-5-1-2-11(16)7-15/h3-4,6,11H,1-2,5,7-8,15H2. The number of rotatable bonds is 3. The highest BCUT2D eigenvalue weighted by Gasteiger charge is 2.23. The third kappa shape index (κ3) is 2.69. The molecule has 0 bridgehead atoms. The predicted octanol–water partition coefficient (Wildman–Crippen LogP) is 2.92. The Morgan fingerprint density at radius 3 is 2.88 bits per heavy atom. The Balaban J connectivity index is 2.08. The van der Waals surface area contributed by atoms with E-state index in [9.17, 15) is 0 Å². The van der Waals surface area contributed by atoms with E-state index in [2.05, 4.69) is 4.90 Å². The quantitative estimate of drug-likeness (QED) is 0.904. The molecule has 4 heteroatoms. The number of nitrogens with zero attached hydrogens (tertiary/aromatic N) is 1. The normalized spacial score (nSPS) is 21.6. The molecule has 0 aromatic heterocycles. The van der Waals surface area contributed by atoms with Gasteiger partial charge in [-0.1, -0.05) is 29.3 Å². The molecule has 2 nitrogen and oxygen atoms in total. The molecule has 0 spiro atoms. The Kier molecular flexibility index (Phi) is 4.09. The van der Waals surface area contributed by atoms with Gasteiger partial charge in [-0.05, 0) is 37.1 Å². The molecule has 0 amide bonds. The van der Waals surface area contributed by atoms with Crippen molar-refractivity contribution >= 4 is 23.2 Å². The summed E-state index contributed by atoms with van der Waals surface area (Å²) in [5.74, 6) is 0. The third-order valence-electron chi connectivity index (χ3n) is 3.16. The third-order valence-corrected chi connectivity index (χ3v) is 3.75. The minimum absolute atomic E-state index is 0.506. The van der Waals surface area contributed by atoms with E-state index in [0.29, 0.717) is 11.1 Å². The molecule has 0 saturated carbocycles. The summed E-state index contributed by atoms with van der Waals surface area (Å²) in [6.45, 7) is 2.71. The first kappa shape index (κ1) is 12.2. The van der Waals surface area contributed by atoms with Crippen LogP contribution in [-0.4, -0.2) is 24.0 Å². The smallest absolute Gasteiger partial charge is 0.0465 e. The monoisotopic (exact) mass is 258 g/mol. The highest BCUT2D eigenvalue weighted by molar-refractivity contribution is 6.35. The van der Waals surface area contributed by atoms with Crippen molar-refractivity contribution < 1.29 is 0 Å². The van der Waals surface area contributed by atoms with Crippen LogP contribution in [0, 0.1) is 0 Å². The summed E-state index contributed by atoms with van der Waals surface area (Å²) in [5.41, 5.74) is 6.88. The van der Waals surface area contributed by atoms with E-state index in [1.807, 2.05) is 12.1 Å². The summed E-state index contributed by atoms with van der Waals surface area (Å²) in [4.78, 5) is 2.40. The Bertz CT molecular complexity index is 368. The largest absolute Gasteiger partial charge is 0.329 e. The highest BCUT2D eigenvalue weighted by atomic mass is 35.5. The van der Waals surface area contributed by atoms with Crippen molar-refractivity contribution in [3.05, 3.63) is 33.8 Å². The summed E-state index contributed by atoms with van der Waals surface area (Å²) >= 11 is 12.0. The number of benzene rings is 1. The van der Waals surface area contributed by atoms with Gasteiger partial charge in [0.1, 0.15) is 0 Å². The number of nitrogens with two attached hydrogens (primary N) is 1. The van der Waals surface area contributed by atoms with E-state index in [-0.39, 0.29) is 0 Å². The summed E-state index contributed by atoms with van der Waals surface area (Å²) in [6, 6.07) is 6.19. The van der Waals surface area contributed by atoms with Crippen LogP contribution in [-0.2, 0) is 6.54 Å². The zero-order valence-corrected chi connectivity index (χ0v) is 10.6. The van der Waals surface area contributed by atoms with E-state index in [1.165, 1.54) is 12.8 Å². The topological polar surface area (TPSA) is 29.3 Å². The molecule has 2 rings (SSSR count). The molecule has 1 aromatic carbocycles. The van der Waals surface area contributed by atoms with Crippen molar-refractivity contribution in [1.82, 2.24) is 4.90 Å². The van der Waals surface area contributed by atoms with Crippen LogP contribution in [0.1, 0.15) is 18.4 Å². The molecule has 1 saturated heterocycles. The van der Waals surface area contributed by atoms with Crippen molar-refractivity contribution in [2.45, 2.75) is 25.4 Å². The van der Waals surface area contributed by atoms with E-state index in [1.54, 1.807) is 6.07 Å². The lowest BCUT2D eigenvalue weighted by atomic mass is 10.2. The van der Waals surface area contributed by atoms with Crippen LogP contribution in [0.4, 0.5) is 0 Å². The fourth-order valence-corrected chi connectivity index (χ4v) is 2.71. The second-order valence-electron chi connectivity index (χ2n) is 4.24. The molecule has 1 aliphatic rings.